The van der Waals surface area contributed by atoms with Gasteiger partial charge in [0.1, 0.15) is 5.75 Å². The molecule has 182 valence electrons. The summed E-state index contributed by atoms with van der Waals surface area (Å²) >= 11 is 0. The summed E-state index contributed by atoms with van der Waals surface area (Å²) in [5, 5.41) is 3.34. The molecule has 2 heterocycles. The van der Waals surface area contributed by atoms with E-state index in [0.29, 0.717) is 12.2 Å². The van der Waals surface area contributed by atoms with Crippen molar-refractivity contribution < 1.29 is 9.53 Å². The molecule has 35 heavy (non-hydrogen) atoms. The second kappa shape index (κ2) is 10.0. The van der Waals surface area contributed by atoms with Crippen molar-refractivity contribution in [2.75, 3.05) is 48.7 Å². The highest BCUT2D eigenvalue weighted by atomic mass is 16.5. The predicted octanol–water partition coefficient (Wildman–Crippen LogP) is 4.77. The third-order valence-corrected chi connectivity index (χ3v) is 6.82. The van der Waals surface area contributed by atoms with Crippen molar-refractivity contribution in [2.24, 2.45) is 0 Å². The van der Waals surface area contributed by atoms with E-state index in [0.717, 1.165) is 55.3 Å². The van der Waals surface area contributed by atoms with Gasteiger partial charge in [-0.1, -0.05) is 30.3 Å². The number of rotatable bonds is 7. The van der Waals surface area contributed by atoms with Gasteiger partial charge in [0.25, 0.3) is 0 Å². The van der Waals surface area contributed by atoms with Crippen LogP contribution in [0.3, 0.4) is 0 Å². The van der Waals surface area contributed by atoms with Gasteiger partial charge in [0.2, 0.25) is 0 Å². The molecule has 0 aromatic heterocycles. The van der Waals surface area contributed by atoms with E-state index in [1.807, 2.05) is 36.4 Å². The number of fused-ring (bicyclic) bond motifs is 1. The molecule has 1 atom stereocenters. The average Bonchev–Trinajstić information content (AvgIpc) is 3.27. The maximum Gasteiger partial charge on any atom is 0.172 e. The molecule has 0 aliphatic carbocycles. The zero-order chi connectivity index (χ0) is 24.4. The highest BCUT2D eigenvalue weighted by molar-refractivity contribution is 6.03. The SMILES string of the molecule is CC(C)Oc1ccccc1N1CCN(Cc2cccc(C(=O)C3CNc4ccc(N)cc43)c2)CC1. The molecular weight excluding hydrogens is 436 g/mol. The number of carbonyl (C=O) groups is 1. The molecule has 3 N–H and O–H groups in total. The van der Waals surface area contributed by atoms with Gasteiger partial charge in [-0.3, -0.25) is 9.69 Å². The fraction of sp³-hybridized carbons (Fsp3) is 0.345. The Balaban J connectivity index is 1.23. The van der Waals surface area contributed by atoms with Gasteiger partial charge in [0, 0.05) is 56.2 Å². The van der Waals surface area contributed by atoms with Crippen LogP contribution in [0.15, 0.2) is 66.7 Å². The van der Waals surface area contributed by atoms with Crippen LogP contribution in [-0.4, -0.2) is 49.5 Å². The molecule has 0 saturated carbocycles. The van der Waals surface area contributed by atoms with Gasteiger partial charge in [-0.05, 0) is 61.4 Å². The maximum absolute atomic E-state index is 13.4. The van der Waals surface area contributed by atoms with E-state index in [1.165, 1.54) is 11.3 Å². The summed E-state index contributed by atoms with van der Waals surface area (Å²) in [5.74, 6) is 0.905. The molecule has 0 bridgehead atoms. The van der Waals surface area contributed by atoms with Gasteiger partial charge in [0.05, 0.1) is 17.7 Å². The monoisotopic (exact) mass is 470 g/mol. The number of para-hydroxylation sites is 2. The van der Waals surface area contributed by atoms with E-state index in [2.05, 4.69) is 59.3 Å². The Bertz CT molecular complexity index is 1200. The lowest BCUT2D eigenvalue weighted by Gasteiger charge is -2.37. The van der Waals surface area contributed by atoms with Gasteiger partial charge in [-0.15, -0.1) is 0 Å². The number of nitrogens with one attached hydrogen (secondary N) is 1. The Hall–Kier alpha value is -3.51. The maximum atomic E-state index is 13.4. The van der Waals surface area contributed by atoms with Crippen LogP contribution in [0, 0.1) is 0 Å². The highest BCUT2D eigenvalue weighted by Crippen LogP contribution is 2.35. The number of carbonyl (C=O) groups excluding carboxylic acids is 1. The molecular formula is C29H34N4O2. The van der Waals surface area contributed by atoms with Crippen LogP contribution >= 0.6 is 0 Å². The van der Waals surface area contributed by atoms with Crippen LogP contribution in [0.2, 0.25) is 0 Å². The Kier molecular flexibility index (Phi) is 6.64. The zero-order valence-electron chi connectivity index (χ0n) is 20.5. The first kappa shape index (κ1) is 23.2. The number of ketones is 1. The highest BCUT2D eigenvalue weighted by Gasteiger charge is 2.29. The number of nitrogens with two attached hydrogens (primary N) is 1. The summed E-state index contributed by atoms with van der Waals surface area (Å²) in [6.07, 6.45) is 0.151. The van der Waals surface area contributed by atoms with E-state index in [4.69, 9.17) is 10.5 Å². The molecule has 6 nitrogen and oxygen atoms in total. The van der Waals surface area contributed by atoms with E-state index < -0.39 is 0 Å². The lowest BCUT2D eigenvalue weighted by molar-refractivity contribution is 0.0966. The Morgan fingerprint density at radius 1 is 1.03 bits per heavy atom. The number of Topliss-reactive ketones (excluding diaryl/α,β-unsaturated/α-hetero) is 1. The predicted molar refractivity (Wildman–Crippen MR) is 143 cm³/mol. The van der Waals surface area contributed by atoms with Crippen molar-refractivity contribution in [3.05, 3.63) is 83.4 Å². The molecule has 1 unspecified atom stereocenters. The number of hydrogen-bond acceptors (Lipinski definition) is 6. The van der Waals surface area contributed by atoms with Crippen LogP contribution in [0.4, 0.5) is 17.1 Å². The molecule has 6 heteroatoms. The van der Waals surface area contributed by atoms with Crippen LogP contribution < -0.4 is 20.7 Å². The van der Waals surface area contributed by atoms with Crippen molar-refractivity contribution in [3.8, 4) is 5.75 Å². The quantitative estimate of drug-likeness (QED) is 0.383. The normalized spacial score (nSPS) is 17.8. The number of nitrogens with zero attached hydrogens (tertiary/aromatic N) is 2. The molecule has 0 amide bonds. The number of anilines is 3. The van der Waals surface area contributed by atoms with E-state index >= 15 is 0 Å². The molecule has 0 radical (unpaired) electrons. The van der Waals surface area contributed by atoms with Crippen LogP contribution in [-0.2, 0) is 6.54 Å². The van der Waals surface area contributed by atoms with Crippen LogP contribution in [0.25, 0.3) is 0 Å². The van der Waals surface area contributed by atoms with Gasteiger partial charge in [-0.25, -0.2) is 0 Å². The van der Waals surface area contributed by atoms with Gasteiger partial charge in [-0.2, -0.15) is 0 Å². The number of hydrogen-bond donors (Lipinski definition) is 2. The fourth-order valence-corrected chi connectivity index (χ4v) is 5.09. The van der Waals surface area contributed by atoms with Crippen molar-refractivity contribution in [1.82, 2.24) is 4.90 Å². The molecule has 2 aliphatic heterocycles. The third-order valence-electron chi connectivity index (χ3n) is 6.82. The topological polar surface area (TPSA) is 70.8 Å². The molecule has 5 rings (SSSR count). The van der Waals surface area contributed by atoms with Gasteiger partial charge < -0.3 is 20.7 Å². The summed E-state index contributed by atoms with van der Waals surface area (Å²) in [7, 11) is 0. The minimum atomic E-state index is -0.194. The smallest absolute Gasteiger partial charge is 0.172 e. The summed E-state index contributed by atoms with van der Waals surface area (Å²) in [6.45, 7) is 9.40. The van der Waals surface area contributed by atoms with Gasteiger partial charge >= 0.3 is 0 Å². The van der Waals surface area contributed by atoms with Crippen molar-refractivity contribution in [2.45, 2.75) is 32.4 Å². The number of nitrogen functional groups attached to an aromatic ring is 1. The standard InChI is InChI=1S/C29H34N4O2/c1-20(2)35-28-9-4-3-8-27(28)33-14-12-32(13-15-33)19-21-6-5-7-22(16-21)29(34)25-18-31-26-11-10-23(30)17-24(25)26/h3-11,16-17,20,25,31H,12-15,18-19,30H2,1-2H3. The molecule has 1 saturated heterocycles. The Morgan fingerprint density at radius 2 is 1.83 bits per heavy atom. The largest absolute Gasteiger partial charge is 0.489 e. The average molecular weight is 471 g/mol. The first-order valence-corrected chi connectivity index (χ1v) is 12.5. The van der Waals surface area contributed by atoms with Crippen molar-refractivity contribution >= 4 is 22.8 Å². The summed E-state index contributed by atoms with van der Waals surface area (Å²) in [4.78, 5) is 18.2. The number of ether oxygens (including phenoxy) is 1. The zero-order valence-corrected chi connectivity index (χ0v) is 20.5. The number of piperazine rings is 1. The summed E-state index contributed by atoms with van der Waals surface area (Å²) < 4.78 is 6.03. The minimum absolute atomic E-state index is 0.148. The lowest BCUT2D eigenvalue weighted by atomic mass is 9.91. The first-order chi connectivity index (χ1) is 17.0. The molecule has 1 fully saturated rings. The molecule has 0 spiro atoms. The molecule has 2 aliphatic rings. The number of benzene rings is 3. The fourth-order valence-electron chi connectivity index (χ4n) is 5.09. The Labute approximate surface area is 207 Å². The van der Waals surface area contributed by atoms with Crippen molar-refractivity contribution in [3.63, 3.8) is 0 Å². The minimum Gasteiger partial charge on any atom is -0.489 e. The van der Waals surface area contributed by atoms with E-state index in [-0.39, 0.29) is 17.8 Å². The summed E-state index contributed by atoms with van der Waals surface area (Å²) in [5.41, 5.74) is 11.8. The van der Waals surface area contributed by atoms with Crippen LogP contribution in [0.5, 0.6) is 5.75 Å². The van der Waals surface area contributed by atoms with Crippen LogP contribution in [0.1, 0.15) is 41.3 Å². The Morgan fingerprint density at radius 3 is 2.63 bits per heavy atom. The van der Waals surface area contributed by atoms with Gasteiger partial charge in [0.15, 0.2) is 5.78 Å². The van der Waals surface area contributed by atoms with Crippen molar-refractivity contribution in [1.29, 1.82) is 0 Å². The van der Waals surface area contributed by atoms with E-state index in [9.17, 15) is 4.79 Å². The van der Waals surface area contributed by atoms with E-state index in [1.54, 1.807) is 0 Å². The molecule has 3 aromatic rings. The molecule has 3 aromatic carbocycles. The second-order valence-electron chi connectivity index (χ2n) is 9.74. The second-order valence-corrected chi connectivity index (χ2v) is 9.74. The first-order valence-electron chi connectivity index (χ1n) is 12.5. The lowest BCUT2D eigenvalue weighted by Crippen LogP contribution is -2.46. The summed E-state index contributed by atoms with van der Waals surface area (Å²) in [6, 6.07) is 22.2. The third kappa shape index (κ3) is 5.13.